The third-order valence-electron chi connectivity index (χ3n) is 4.66. The SMILES string of the molecule is CCn1c(CC2(N)CCCCC2)nc2cc(C)ccc21. The predicted molar refractivity (Wildman–Crippen MR) is 83.9 cm³/mol. The molecule has 0 spiro atoms. The van der Waals surface area contributed by atoms with Gasteiger partial charge in [0.25, 0.3) is 0 Å². The van der Waals surface area contributed by atoms with E-state index in [4.69, 9.17) is 10.7 Å². The zero-order valence-corrected chi connectivity index (χ0v) is 12.7. The molecule has 1 aliphatic rings. The number of aryl methyl sites for hydroxylation is 2. The summed E-state index contributed by atoms with van der Waals surface area (Å²) in [5.74, 6) is 1.16. The molecule has 1 aromatic carbocycles. The maximum Gasteiger partial charge on any atom is 0.111 e. The third-order valence-corrected chi connectivity index (χ3v) is 4.66. The number of benzene rings is 1. The number of nitrogens with two attached hydrogens (primary N) is 1. The Morgan fingerprint density at radius 3 is 2.70 bits per heavy atom. The van der Waals surface area contributed by atoms with Gasteiger partial charge in [-0.05, 0) is 44.4 Å². The van der Waals surface area contributed by atoms with Gasteiger partial charge < -0.3 is 10.3 Å². The highest BCUT2D eigenvalue weighted by atomic mass is 15.1. The van der Waals surface area contributed by atoms with Crippen LogP contribution in [0.25, 0.3) is 11.0 Å². The fourth-order valence-electron chi connectivity index (χ4n) is 3.53. The van der Waals surface area contributed by atoms with E-state index in [-0.39, 0.29) is 5.54 Å². The summed E-state index contributed by atoms with van der Waals surface area (Å²) in [6.45, 7) is 5.27. The van der Waals surface area contributed by atoms with Crippen LogP contribution in [0, 0.1) is 6.92 Å². The molecule has 20 heavy (non-hydrogen) atoms. The molecule has 108 valence electrons. The number of hydrogen-bond acceptors (Lipinski definition) is 2. The van der Waals surface area contributed by atoms with E-state index >= 15 is 0 Å². The summed E-state index contributed by atoms with van der Waals surface area (Å²) in [5, 5.41) is 0. The highest BCUT2D eigenvalue weighted by Gasteiger charge is 2.29. The topological polar surface area (TPSA) is 43.8 Å². The third kappa shape index (κ3) is 2.47. The summed E-state index contributed by atoms with van der Waals surface area (Å²) in [4.78, 5) is 4.87. The van der Waals surface area contributed by atoms with Crippen molar-refractivity contribution in [1.29, 1.82) is 0 Å². The Morgan fingerprint density at radius 1 is 1.25 bits per heavy atom. The summed E-state index contributed by atoms with van der Waals surface area (Å²) in [7, 11) is 0. The lowest BCUT2D eigenvalue weighted by Gasteiger charge is -2.33. The Morgan fingerprint density at radius 2 is 2.00 bits per heavy atom. The fraction of sp³-hybridized carbons (Fsp3) is 0.588. The molecule has 1 fully saturated rings. The lowest BCUT2D eigenvalue weighted by atomic mass is 9.80. The highest BCUT2D eigenvalue weighted by Crippen LogP contribution is 2.30. The van der Waals surface area contributed by atoms with E-state index in [9.17, 15) is 0 Å². The monoisotopic (exact) mass is 271 g/mol. The average molecular weight is 271 g/mol. The van der Waals surface area contributed by atoms with Crippen LogP contribution in [0.4, 0.5) is 0 Å². The number of hydrogen-bond donors (Lipinski definition) is 1. The minimum absolute atomic E-state index is 0.0401. The van der Waals surface area contributed by atoms with Gasteiger partial charge in [-0.2, -0.15) is 0 Å². The molecule has 3 rings (SSSR count). The molecule has 2 N–H and O–H groups in total. The van der Waals surface area contributed by atoms with Crippen LogP contribution in [0.1, 0.15) is 50.4 Å². The maximum atomic E-state index is 6.61. The van der Waals surface area contributed by atoms with Crippen LogP contribution in [-0.2, 0) is 13.0 Å². The van der Waals surface area contributed by atoms with Crippen molar-refractivity contribution in [1.82, 2.24) is 9.55 Å². The van der Waals surface area contributed by atoms with Crippen molar-refractivity contribution in [3.05, 3.63) is 29.6 Å². The molecule has 0 amide bonds. The van der Waals surface area contributed by atoms with Crippen molar-refractivity contribution in [3.63, 3.8) is 0 Å². The summed E-state index contributed by atoms with van der Waals surface area (Å²) in [6.07, 6.45) is 7.05. The Kier molecular flexibility index (Phi) is 3.55. The van der Waals surface area contributed by atoms with Gasteiger partial charge in [-0.3, -0.25) is 0 Å². The quantitative estimate of drug-likeness (QED) is 0.927. The van der Waals surface area contributed by atoms with E-state index in [0.29, 0.717) is 0 Å². The summed E-state index contributed by atoms with van der Waals surface area (Å²) < 4.78 is 2.33. The molecule has 0 unspecified atom stereocenters. The van der Waals surface area contributed by atoms with Gasteiger partial charge >= 0.3 is 0 Å². The number of imidazole rings is 1. The molecule has 1 aliphatic carbocycles. The van der Waals surface area contributed by atoms with Crippen LogP contribution in [0.2, 0.25) is 0 Å². The lowest BCUT2D eigenvalue weighted by Crippen LogP contribution is -2.44. The minimum atomic E-state index is -0.0401. The Labute approximate surface area is 121 Å². The van der Waals surface area contributed by atoms with Crippen LogP contribution in [0.3, 0.4) is 0 Å². The molecular formula is C17H25N3. The maximum absolute atomic E-state index is 6.61. The van der Waals surface area contributed by atoms with Crippen molar-refractivity contribution in [2.24, 2.45) is 5.73 Å². The van der Waals surface area contributed by atoms with Crippen molar-refractivity contribution in [2.45, 2.75) is 64.5 Å². The van der Waals surface area contributed by atoms with Crippen LogP contribution in [0.15, 0.2) is 18.2 Å². The fourth-order valence-corrected chi connectivity index (χ4v) is 3.53. The molecule has 3 heteroatoms. The first-order valence-corrected chi connectivity index (χ1v) is 7.86. The highest BCUT2D eigenvalue weighted by molar-refractivity contribution is 5.76. The summed E-state index contributed by atoms with van der Waals surface area (Å²) in [5.41, 5.74) is 10.2. The zero-order valence-electron chi connectivity index (χ0n) is 12.7. The molecule has 3 nitrogen and oxygen atoms in total. The van der Waals surface area contributed by atoms with Crippen molar-refractivity contribution < 1.29 is 0 Å². The number of rotatable bonds is 3. The minimum Gasteiger partial charge on any atom is -0.328 e. The van der Waals surface area contributed by atoms with Gasteiger partial charge in [-0.25, -0.2) is 4.98 Å². The van der Waals surface area contributed by atoms with E-state index in [1.807, 2.05) is 0 Å². The van der Waals surface area contributed by atoms with Gasteiger partial charge in [-0.15, -0.1) is 0 Å². The molecule has 0 bridgehead atoms. The standard InChI is InChI=1S/C17H25N3/c1-3-20-15-8-7-13(2)11-14(15)19-16(20)12-17(18)9-5-4-6-10-17/h7-8,11H,3-6,9-10,12,18H2,1-2H3. The second-order valence-corrected chi connectivity index (χ2v) is 6.36. The molecule has 1 saturated carbocycles. The second-order valence-electron chi connectivity index (χ2n) is 6.36. The Hall–Kier alpha value is -1.35. The van der Waals surface area contributed by atoms with Gasteiger partial charge in [0.1, 0.15) is 5.82 Å². The van der Waals surface area contributed by atoms with E-state index in [1.54, 1.807) is 0 Å². The van der Waals surface area contributed by atoms with Crippen molar-refractivity contribution >= 4 is 11.0 Å². The molecule has 0 atom stereocenters. The van der Waals surface area contributed by atoms with Crippen LogP contribution in [0.5, 0.6) is 0 Å². The van der Waals surface area contributed by atoms with Gasteiger partial charge in [0.05, 0.1) is 11.0 Å². The Balaban J connectivity index is 1.98. The average Bonchev–Trinajstić information content (AvgIpc) is 2.74. The molecule has 0 saturated heterocycles. The van der Waals surface area contributed by atoms with E-state index in [1.165, 1.54) is 30.3 Å². The van der Waals surface area contributed by atoms with Crippen LogP contribution in [-0.4, -0.2) is 15.1 Å². The molecule has 0 radical (unpaired) electrons. The molecule has 1 heterocycles. The molecule has 1 aromatic heterocycles. The summed E-state index contributed by atoms with van der Waals surface area (Å²) >= 11 is 0. The largest absolute Gasteiger partial charge is 0.328 e. The van der Waals surface area contributed by atoms with Crippen LogP contribution < -0.4 is 5.73 Å². The first-order chi connectivity index (χ1) is 9.61. The van der Waals surface area contributed by atoms with Crippen molar-refractivity contribution in [3.8, 4) is 0 Å². The normalized spacial score (nSPS) is 18.6. The number of aromatic nitrogens is 2. The summed E-state index contributed by atoms with van der Waals surface area (Å²) in [6, 6.07) is 6.53. The Bertz CT molecular complexity index is 606. The molecule has 2 aromatic rings. The second kappa shape index (κ2) is 5.21. The smallest absolute Gasteiger partial charge is 0.111 e. The van der Waals surface area contributed by atoms with E-state index in [0.717, 1.165) is 37.1 Å². The van der Waals surface area contributed by atoms with Gasteiger partial charge in [-0.1, -0.05) is 25.3 Å². The van der Waals surface area contributed by atoms with Gasteiger partial charge in [0.15, 0.2) is 0 Å². The predicted octanol–water partition coefficient (Wildman–Crippen LogP) is 3.57. The van der Waals surface area contributed by atoms with E-state index in [2.05, 4.69) is 36.6 Å². The van der Waals surface area contributed by atoms with Crippen molar-refractivity contribution in [2.75, 3.05) is 0 Å². The van der Waals surface area contributed by atoms with Gasteiger partial charge in [0, 0.05) is 18.5 Å². The van der Waals surface area contributed by atoms with Crippen LogP contribution >= 0.6 is 0 Å². The lowest BCUT2D eigenvalue weighted by molar-refractivity contribution is 0.287. The zero-order chi connectivity index (χ0) is 14.2. The molecule has 0 aliphatic heterocycles. The number of fused-ring (bicyclic) bond motifs is 1. The number of nitrogens with zero attached hydrogens (tertiary/aromatic N) is 2. The first-order valence-electron chi connectivity index (χ1n) is 7.86. The van der Waals surface area contributed by atoms with Gasteiger partial charge in [0.2, 0.25) is 0 Å². The van der Waals surface area contributed by atoms with E-state index < -0.39 is 0 Å². The first kappa shape index (κ1) is 13.6. The molecular weight excluding hydrogens is 246 g/mol.